The summed E-state index contributed by atoms with van der Waals surface area (Å²) in [5.41, 5.74) is 1.11. The molecule has 2 saturated heterocycles. The molecule has 1 aromatic heterocycles. The maximum atomic E-state index is 12.4. The number of piperidine rings is 1. The number of halogens is 1. The number of aromatic nitrogens is 1. The summed E-state index contributed by atoms with van der Waals surface area (Å²) < 4.78 is 1.27. The van der Waals surface area contributed by atoms with Gasteiger partial charge in [-0.25, -0.2) is 4.98 Å². The Morgan fingerprint density at radius 2 is 2.00 bits per heavy atom. The van der Waals surface area contributed by atoms with E-state index in [1.165, 1.54) is 9.71 Å². The molecular weight excluding hydrogens is 330 g/mol. The summed E-state index contributed by atoms with van der Waals surface area (Å²) in [5, 5.41) is 4.56. The average Bonchev–Trinajstić information content (AvgIpc) is 3.23. The number of carbonyl (C=O) groups excluding carboxylic acids is 1. The summed E-state index contributed by atoms with van der Waals surface area (Å²) in [6, 6.07) is 8.40. The first kappa shape index (κ1) is 16.7. The topological polar surface area (TPSA) is 45.2 Å². The molecule has 0 radical (unpaired) electrons. The third-order valence-corrected chi connectivity index (χ3v) is 6.02. The van der Waals surface area contributed by atoms with Gasteiger partial charge in [0.2, 0.25) is 5.91 Å². The highest BCUT2D eigenvalue weighted by atomic mass is 35.5. The van der Waals surface area contributed by atoms with Gasteiger partial charge in [0, 0.05) is 19.0 Å². The summed E-state index contributed by atoms with van der Waals surface area (Å²) in [6.07, 6.45) is 4.20. The predicted octanol–water partition coefficient (Wildman–Crippen LogP) is 3.18. The van der Waals surface area contributed by atoms with Gasteiger partial charge in [-0.05, 0) is 44.4 Å². The third kappa shape index (κ3) is 3.37. The average molecular weight is 352 g/mol. The van der Waals surface area contributed by atoms with Crippen LogP contribution in [0, 0.1) is 0 Å². The van der Waals surface area contributed by atoms with Gasteiger partial charge < -0.3 is 10.2 Å². The first-order valence-electron chi connectivity index (χ1n) is 8.19. The molecule has 3 heterocycles. The van der Waals surface area contributed by atoms with E-state index in [-0.39, 0.29) is 18.4 Å². The second-order valence-electron chi connectivity index (χ2n) is 6.27. The minimum atomic E-state index is 0. The molecule has 1 aromatic carbocycles. The van der Waals surface area contributed by atoms with Crippen molar-refractivity contribution in [3.63, 3.8) is 0 Å². The first-order chi connectivity index (χ1) is 10.8. The lowest BCUT2D eigenvalue weighted by atomic mass is 9.97. The molecule has 2 aliphatic heterocycles. The molecule has 0 spiro atoms. The van der Waals surface area contributed by atoms with E-state index in [9.17, 15) is 4.79 Å². The molecule has 4 nitrogen and oxygen atoms in total. The monoisotopic (exact) mass is 351 g/mol. The lowest BCUT2D eigenvalue weighted by molar-refractivity contribution is -0.134. The molecular formula is C17H22ClN3OS. The highest BCUT2D eigenvalue weighted by Crippen LogP contribution is 2.34. The zero-order valence-electron chi connectivity index (χ0n) is 13.0. The van der Waals surface area contributed by atoms with Gasteiger partial charge in [-0.2, -0.15) is 0 Å². The number of hydrogen-bond donors (Lipinski definition) is 1. The van der Waals surface area contributed by atoms with Crippen LogP contribution in [0.3, 0.4) is 0 Å². The van der Waals surface area contributed by atoms with Crippen molar-refractivity contribution >= 4 is 39.9 Å². The number of thiazole rings is 1. The quantitative estimate of drug-likeness (QED) is 0.903. The minimum absolute atomic E-state index is 0. The van der Waals surface area contributed by atoms with E-state index in [2.05, 4.69) is 23.5 Å². The summed E-state index contributed by atoms with van der Waals surface area (Å²) in [4.78, 5) is 19.3. The van der Waals surface area contributed by atoms with Gasteiger partial charge >= 0.3 is 0 Å². The number of rotatable bonds is 2. The lowest BCUT2D eigenvalue weighted by Gasteiger charge is -2.32. The van der Waals surface area contributed by atoms with Crippen molar-refractivity contribution in [2.45, 2.75) is 37.6 Å². The van der Waals surface area contributed by atoms with Gasteiger partial charge in [-0.1, -0.05) is 12.1 Å². The van der Waals surface area contributed by atoms with Crippen molar-refractivity contribution in [2.75, 3.05) is 19.6 Å². The molecule has 2 fully saturated rings. The van der Waals surface area contributed by atoms with E-state index < -0.39 is 0 Å². The molecule has 6 heteroatoms. The molecule has 1 unspecified atom stereocenters. The van der Waals surface area contributed by atoms with Gasteiger partial charge in [-0.15, -0.1) is 23.7 Å². The number of para-hydroxylation sites is 1. The Morgan fingerprint density at radius 3 is 2.70 bits per heavy atom. The lowest BCUT2D eigenvalue weighted by Crippen LogP contribution is -2.46. The summed E-state index contributed by atoms with van der Waals surface area (Å²) in [7, 11) is 0. The molecule has 2 aliphatic rings. The molecule has 124 valence electrons. The van der Waals surface area contributed by atoms with Crippen LogP contribution in [0.1, 0.15) is 36.6 Å². The number of hydrogen-bond acceptors (Lipinski definition) is 4. The highest BCUT2D eigenvalue weighted by molar-refractivity contribution is 7.18. The fourth-order valence-electron chi connectivity index (χ4n) is 3.53. The largest absolute Gasteiger partial charge is 0.341 e. The van der Waals surface area contributed by atoms with Crippen molar-refractivity contribution in [3.05, 3.63) is 29.3 Å². The Kier molecular flexibility index (Phi) is 5.19. The number of nitrogens with zero attached hydrogens (tertiary/aromatic N) is 2. The van der Waals surface area contributed by atoms with Gasteiger partial charge in [-0.3, -0.25) is 4.79 Å². The fourth-order valence-corrected chi connectivity index (χ4v) is 4.66. The number of benzene rings is 1. The van der Waals surface area contributed by atoms with Crippen LogP contribution in [0.2, 0.25) is 0 Å². The Labute approximate surface area is 146 Å². The Bertz CT molecular complexity index is 642. The van der Waals surface area contributed by atoms with Crippen LogP contribution in [-0.4, -0.2) is 41.5 Å². The Hall–Kier alpha value is -1.17. The molecule has 4 rings (SSSR count). The number of amides is 1. The van der Waals surface area contributed by atoms with Crippen LogP contribution in [0.15, 0.2) is 24.3 Å². The van der Waals surface area contributed by atoms with E-state index >= 15 is 0 Å². The molecule has 0 aliphatic carbocycles. The normalized spacial score (nSPS) is 22.3. The van der Waals surface area contributed by atoms with Crippen LogP contribution in [0.4, 0.5) is 0 Å². The van der Waals surface area contributed by atoms with Gasteiger partial charge in [0.15, 0.2) is 0 Å². The van der Waals surface area contributed by atoms with E-state index in [0.717, 1.165) is 50.8 Å². The van der Waals surface area contributed by atoms with E-state index in [1.807, 2.05) is 22.3 Å². The molecule has 1 amide bonds. The smallest absolute Gasteiger partial charge is 0.239 e. The van der Waals surface area contributed by atoms with E-state index in [0.29, 0.717) is 11.8 Å². The first-order valence-corrected chi connectivity index (χ1v) is 9.00. The third-order valence-electron chi connectivity index (χ3n) is 4.82. The van der Waals surface area contributed by atoms with Crippen LogP contribution in [0.5, 0.6) is 0 Å². The summed E-state index contributed by atoms with van der Waals surface area (Å²) >= 11 is 1.81. The van der Waals surface area contributed by atoms with Crippen molar-refractivity contribution < 1.29 is 4.79 Å². The van der Waals surface area contributed by atoms with Crippen LogP contribution >= 0.6 is 23.7 Å². The number of fused-ring (bicyclic) bond motifs is 1. The van der Waals surface area contributed by atoms with E-state index in [4.69, 9.17) is 4.98 Å². The van der Waals surface area contributed by atoms with E-state index in [1.54, 1.807) is 0 Å². The van der Waals surface area contributed by atoms with Crippen LogP contribution in [0.25, 0.3) is 10.2 Å². The number of nitrogens with one attached hydrogen (secondary N) is 1. The highest BCUT2D eigenvalue weighted by Gasteiger charge is 2.31. The van der Waals surface area contributed by atoms with Crippen molar-refractivity contribution in [2.24, 2.45) is 0 Å². The SMILES string of the molecule is Cl.O=C(C1CCCN1)N1CCC(c2nc3ccccc3s2)CC1. The van der Waals surface area contributed by atoms with Crippen LogP contribution < -0.4 is 5.32 Å². The van der Waals surface area contributed by atoms with Crippen molar-refractivity contribution in [3.8, 4) is 0 Å². The standard InChI is InChI=1S/C17H21N3OS.ClH/c21-17(14-5-3-9-18-14)20-10-7-12(8-11-20)16-19-13-4-1-2-6-15(13)22-16;/h1-2,4,6,12,14,18H,3,5,7-11H2;1H. The second-order valence-corrected chi connectivity index (χ2v) is 7.33. The maximum Gasteiger partial charge on any atom is 0.239 e. The van der Waals surface area contributed by atoms with Crippen LogP contribution in [-0.2, 0) is 4.79 Å². The maximum absolute atomic E-state index is 12.4. The zero-order valence-corrected chi connectivity index (χ0v) is 14.7. The van der Waals surface area contributed by atoms with Gasteiger partial charge in [0.05, 0.1) is 21.3 Å². The predicted molar refractivity (Wildman–Crippen MR) is 96.4 cm³/mol. The number of likely N-dealkylation sites (tertiary alicyclic amines) is 1. The van der Waals surface area contributed by atoms with Gasteiger partial charge in [0.1, 0.15) is 0 Å². The van der Waals surface area contributed by atoms with Gasteiger partial charge in [0.25, 0.3) is 0 Å². The summed E-state index contributed by atoms with van der Waals surface area (Å²) in [5.74, 6) is 0.818. The molecule has 2 aromatic rings. The second kappa shape index (κ2) is 7.16. The molecule has 0 saturated carbocycles. The molecule has 1 N–H and O–H groups in total. The van der Waals surface area contributed by atoms with Crippen molar-refractivity contribution in [1.29, 1.82) is 0 Å². The Morgan fingerprint density at radius 1 is 1.22 bits per heavy atom. The number of carbonyl (C=O) groups is 1. The Balaban J connectivity index is 0.00000156. The summed E-state index contributed by atoms with van der Waals surface area (Å²) in [6.45, 7) is 2.73. The molecule has 0 bridgehead atoms. The fraction of sp³-hybridized carbons (Fsp3) is 0.529. The molecule has 1 atom stereocenters. The zero-order chi connectivity index (χ0) is 14.9. The minimum Gasteiger partial charge on any atom is -0.341 e. The molecule has 23 heavy (non-hydrogen) atoms. The van der Waals surface area contributed by atoms with Crippen molar-refractivity contribution in [1.82, 2.24) is 15.2 Å².